The Morgan fingerprint density at radius 2 is 2.31 bits per heavy atom. The van der Waals surface area contributed by atoms with Crippen molar-refractivity contribution in [2.75, 3.05) is 11.9 Å². The zero-order valence-corrected chi connectivity index (χ0v) is 10.0. The van der Waals surface area contributed by atoms with Crippen molar-refractivity contribution in [1.29, 1.82) is 5.26 Å². The smallest absolute Gasteiger partial charge is 0.293 e. The Hall–Kier alpha value is -1.61. The summed E-state index contributed by atoms with van der Waals surface area (Å²) in [5, 5.41) is 22.0. The maximum atomic E-state index is 10.8. The summed E-state index contributed by atoms with van der Waals surface area (Å²) in [4.78, 5) is 10.3. The summed E-state index contributed by atoms with van der Waals surface area (Å²) in [5.41, 5.74) is 0.512. The van der Waals surface area contributed by atoms with E-state index in [1.165, 1.54) is 6.07 Å². The van der Waals surface area contributed by atoms with Gasteiger partial charge >= 0.3 is 0 Å². The fourth-order valence-electron chi connectivity index (χ4n) is 1.20. The maximum absolute atomic E-state index is 10.8. The van der Waals surface area contributed by atoms with Crippen molar-refractivity contribution in [3.8, 4) is 6.07 Å². The van der Waals surface area contributed by atoms with E-state index >= 15 is 0 Å². The highest BCUT2D eigenvalue weighted by molar-refractivity contribution is 9.10. The molecule has 1 aromatic carbocycles. The molecular weight excluding hydrogens is 274 g/mol. The molecule has 0 atom stereocenters. The summed E-state index contributed by atoms with van der Waals surface area (Å²) in [6.07, 6.45) is 1.11. The highest BCUT2D eigenvalue weighted by Crippen LogP contribution is 2.27. The molecule has 0 heterocycles. The first-order valence-corrected chi connectivity index (χ1v) is 5.49. The maximum Gasteiger partial charge on any atom is 0.293 e. The van der Waals surface area contributed by atoms with E-state index in [0.29, 0.717) is 29.5 Å². The van der Waals surface area contributed by atoms with Crippen molar-refractivity contribution in [1.82, 2.24) is 0 Å². The SMILES string of the molecule is N#CCCCNc1ccc(Br)cc1[N+](=O)[O-]. The molecule has 1 rings (SSSR count). The van der Waals surface area contributed by atoms with Crippen LogP contribution in [0.4, 0.5) is 11.4 Å². The van der Waals surface area contributed by atoms with Gasteiger partial charge in [0.25, 0.3) is 5.69 Å². The van der Waals surface area contributed by atoms with Crippen LogP contribution in [0.15, 0.2) is 22.7 Å². The molecule has 0 bridgehead atoms. The second-order valence-corrected chi connectivity index (χ2v) is 4.02. The Morgan fingerprint density at radius 3 is 2.94 bits per heavy atom. The molecule has 0 saturated heterocycles. The van der Waals surface area contributed by atoms with Crippen LogP contribution in [-0.2, 0) is 0 Å². The predicted molar refractivity (Wildman–Crippen MR) is 64.1 cm³/mol. The molecule has 0 fully saturated rings. The van der Waals surface area contributed by atoms with Crippen LogP contribution >= 0.6 is 15.9 Å². The molecule has 0 aliphatic rings. The minimum atomic E-state index is -0.433. The number of nitrogens with zero attached hydrogens (tertiary/aromatic N) is 2. The van der Waals surface area contributed by atoms with Gasteiger partial charge in [-0.25, -0.2) is 0 Å². The average molecular weight is 284 g/mol. The van der Waals surface area contributed by atoms with Crippen LogP contribution < -0.4 is 5.32 Å². The fourth-order valence-corrected chi connectivity index (χ4v) is 1.54. The molecular formula is C10H10BrN3O2. The number of nitro benzene ring substituents is 1. The Bertz CT molecular complexity index is 429. The molecule has 0 amide bonds. The quantitative estimate of drug-likeness (QED) is 0.512. The van der Waals surface area contributed by atoms with Gasteiger partial charge in [-0.3, -0.25) is 10.1 Å². The molecule has 0 radical (unpaired) electrons. The molecule has 0 saturated carbocycles. The van der Waals surface area contributed by atoms with Gasteiger partial charge in [0.15, 0.2) is 0 Å². The topological polar surface area (TPSA) is 79.0 Å². The van der Waals surface area contributed by atoms with Crippen molar-refractivity contribution >= 4 is 27.3 Å². The number of unbranched alkanes of at least 4 members (excludes halogenated alkanes) is 1. The Labute approximate surface area is 101 Å². The van der Waals surface area contributed by atoms with Gasteiger partial charge in [0, 0.05) is 23.5 Å². The van der Waals surface area contributed by atoms with Crippen LogP contribution in [-0.4, -0.2) is 11.5 Å². The second kappa shape index (κ2) is 6.08. The van der Waals surface area contributed by atoms with E-state index in [4.69, 9.17) is 5.26 Å². The number of rotatable bonds is 5. The summed E-state index contributed by atoms with van der Waals surface area (Å²) in [7, 11) is 0. The zero-order valence-electron chi connectivity index (χ0n) is 8.44. The standard InChI is InChI=1S/C10H10BrN3O2/c11-8-3-4-9(10(7-8)14(15)16)13-6-2-1-5-12/h3-4,7,13H,1-2,6H2. The van der Waals surface area contributed by atoms with E-state index in [2.05, 4.69) is 21.2 Å². The third-order valence-corrected chi connectivity index (χ3v) is 2.43. The molecule has 0 aliphatic heterocycles. The van der Waals surface area contributed by atoms with E-state index < -0.39 is 4.92 Å². The van der Waals surface area contributed by atoms with Crippen molar-refractivity contribution in [3.63, 3.8) is 0 Å². The lowest BCUT2D eigenvalue weighted by molar-refractivity contribution is -0.384. The van der Waals surface area contributed by atoms with Gasteiger partial charge in [0.2, 0.25) is 0 Å². The molecule has 0 spiro atoms. The molecule has 6 heteroatoms. The molecule has 1 N–H and O–H groups in total. The van der Waals surface area contributed by atoms with Gasteiger partial charge in [0.05, 0.1) is 11.0 Å². The van der Waals surface area contributed by atoms with E-state index in [1.807, 2.05) is 6.07 Å². The number of halogens is 1. The van der Waals surface area contributed by atoms with Gasteiger partial charge in [-0.2, -0.15) is 5.26 Å². The van der Waals surface area contributed by atoms with E-state index in [9.17, 15) is 10.1 Å². The number of anilines is 1. The van der Waals surface area contributed by atoms with Crippen molar-refractivity contribution in [2.24, 2.45) is 0 Å². The first kappa shape index (κ1) is 12.5. The average Bonchev–Trinajstić information content (AvgIpc) is 2.26. The van der Waals surface area contributed by atoms with Crippen LogP contribution in [0.1, 0.15) is 12.8 Å². The summed E-state index contributed by atoms with van der Waals surface area (Å²) in [6.45, 7) is 0.552. The van der Waals surface area contributed by atoms with Crippen LogP contribution in [0.5, 0.6) is 0 Å². The summed E-state index contributed by atoms with van der Waals surface area (Å²) in [5.74, 6) is 0. The van der Waals surface area contributed by atoms with Crippen LogP contribution in [0.3, 0.4) is 0 Å². The molecule has 0 unspecified atom stereocenters. The molecule has 0 aliphatic carbocycles. The number of hydrogen-bond acceptors (Lipinski definition) is 4. The number of nitro groups is 1. The van der Waals surface area contributed by atoms with Crippen LogP contribution in [0.25, 0.3) is 0 Å². The predicted octanol–water partition coefficient (Wildman–Crippen LogP) is 3.07. The normalized spacial score (nSPS) is 9.50. The Morgan fingerprint density at radius 1 is 1.56 bits per heavy atom. The van der Waals surface area contributed by atoms with Crippen molar-refractivity contribution < 1.29 is 4.92 Å². The van der Waals surface area contributed by atoms with Gasteiger partial charge in [0.1, 0.15) is 5.69 Å². The van der Waals surface area contributed by atoms with Crippen LogP contribution in [0.2, 0.25) is 0 Å². The minimum absolute atomic E-state index is 0.0336. The third kappa shape index (κ3) is 3.51. The second-order valence-electron chi connectivity index (χ2n) is 3.11. The number of hydrogen-bond donors (Lipinski definition) is 1. The van der Waals surface area contributed by atoms with E-state index in [-0.39, 0.29) is 5.69 Å². The molecule has 1 aromatic rings. The number of nitrogens with one attached hydrogen (secondary N) is 1. The highest BCUT2D eigenvalue weighted by atomic mass is 79.9. The summed E-state index contributed by atoms with van der Waals surface area (Å²) < 4.78 is 0.668. The molecule has 5 nitrogen and oxygen atoms in total. The van der Waals surface area contributed by atoms with Crippen molar-refractivity contribution in [3.05, 3.63) is 32.8 Å². The monoisotopic (exact) mass is 283 g/mol. The minimum Gasteiger partial charge on any atom is -0.379 e. The number of benzene rings is 1. The van der Waals surface area contributed by atoms with Crippen LogP contribution in [0, 0.1) is 21.4 Å². The lowest BCUT2D eigenvalue weighted by Crippen LogP contribution is -2.03. The van der Waals surface area contributed by atoms with Gasteiger partial charge in [-0.1, -0.05) is 15.9 Å². The van der Waals surface area contributed by atoms with E-state index in [1.54, 1.807) is 12.1 Å². The first-order valence-electron chi connectivity index (χ1n) is 4.70. The lowest BCUT2D eigenvalue weighted by atomic mass is 10.2. The Balaban J connectivity index is 2.72. The zero-order chi connectivity index (χ0) is 12.0. The van der Waals surface area contributed by atoms with Gasteiger partial charge in [-0.15, -0.1) is 0 Å². The fraction of sp³-hybridized carbons (Fsp3) is 0.300. The third-order valence-electron chi connectivity index (χ3n) is 1.94. The van der Waals surface area contributed by atoms with Gasteiger partial charge in [-0.05, 0) is 18.6 Å². The molecule has 84 valence electrons. The van der Waals surface area contributed by atoms with Gasteiger partial charge < -0.3 is 5.32 Å². The largest absolute Gasteiger partial charge is 0.379 e. The highest BCUT2D eigenvalue weighted by Gasteiger charge is 2.13. The Kier molecular flexibility index (Phi) is 4.73. The van der Waals surface area contributed by atoms with Crippen molar-refractivity contribution in [2.45, 2.75) is 12.8 Å². The lowest BCUT2D eigenvalue weighted by Gasteiger charge is -2.05. The molecule has 0 aromatic heterocycles. The molecule has 16 heavy (non-hydrogen) atoms. The number of nitriles is 1. The summed E-state index contributed by atoms with van der Waals surface area (Å²) >= 11 is 3.18. The van der Waals surface area contributed by atoms with E-state index in [0.717, 1.165) is 0 Å². The first-order chi connectivity index (χ1) is 7.65. The summed E-state index contributed by atoms with van der Waals surface area (Å²) in [6, 6.07) is 6.85.